The van der Waals surface area contributed by atoms with Crippen molar-refractivity contribution in [2.75, 3.05) is 0 Å². The molecule has 0 aliphatic heterocycles. The number of hydrogen-bond acceptors (Lipinski definition) is 4. The van der Waals surface area contributed by atoms with Gasteiger partial charge in [0.15, 0.2) is 0 Å². The second-order valence-corrected chi connectivity index (χ2v) is 2.48. The molecule has 0 spiro atoms. The van der Waals surface area contributed by atoms with Gasteiger partial charge in [0.1, 0.15) is 0 Å². The summed E-state index contributed by atoms with van der Waals surface area (Å²) in [6, 6.07) is 0. The van der Waals surface area contributed by atoms with Crippen LogP contribution in [-0.4, -0.2) is 25.6 Å². The number of aromatic nitrogens is 3. The minimum atomic E-state index is -1.14. The van der Waals surface area contributed by atoms with Crippen molar-refractivity contribution in [2.45, 2.75) is 13.0 Å². The van der Waals surface area contributed by atoms with Gasteiger partial charge >= 0.3 is 23.0 Å². The highest BCUT2D eigenvalue weighted by Crippen LogP contribution is 1.79. The predicted octanol–water partition coefficient (Wildman–Crippen LogP) is -2.30. The van der Waals surface area contributed by atoms with E-state index in [1.807, 2.05) is 0 Å². The third-order valence-corrected chi connectivity index (χ3v) is 1.48. The van der Waals surface area contributed by atoms with Crippen LogP contribution in [0, 0.1) is 0 Å². The first-order valence-corrected chi connectivity index (χ1v) is 3.66. The van der Waals surface area contributed by atoms with Crippen molar-refractivity contribution in [3.05, 3.63) is 31.5 Å². The number of carbonyl (C=O) groups is 1. The smallest absolute Gasteiger partial charge is 0.333 e. The predicted molar refractivity (Wildman–Crippen MR) is 44.2 cm³/mol. The highest BCUT2D eigenvalue weighted by Gasteiger charge is 2.04. The number of aliphatic carboxylic acids is 1. The molecule has 0 unspecified atom stereocenters. The van der Waals surface area contributed by atoms with Crippen LogP contribution in [-0.2, 0) is 11.3 Å². The highest BCUT2D eigenvalue weighted by molar-refractivity contribution is 5.66. The largest absolute Gasteiger partial charge is 0.481 e. The van der Waals surface area contributed by atoms with E-state index in [2.05, 4.69) is 0 Å². The number of H-pyrrole nitrogens is 2. The van der Waals surface area contributed by atoms with Gasteiger partial charge in [0.05, 0.1) is 6.42 Å². The second-order valence-electron chi connectivity index (χ2n) is 2.48. The van der Waals surface area contributed by atoms with E-state index >= 15 is 0 Å². The van der Waals surface area contributed by atoms with Crippen LogP contribution >= 0.6 is 0 Å². The molecule has 0 amide bonds. The minimum Gasteiger partial charge on any atom is -0.481 e. The average Bonchev–Trinajstić information content (AvgIpc) is 2.01. The van der Waals surface area contributed by atoms with Gasteiger partial charge in [-0.15, -0.1) is 0 Å². The Balaban J connectivity index is 3.10. The lowest BCUT2D eigenvalue weighted by atomic mass is 10.4. The number of rotatable bonds is 3. The van der Waals surface area contributed by atoms with Gasteiger partial charge in [-0.3, -0.25) is 14.8 Å². The maximum Gasteiger partial charge on any atom is 0.333 e. The average molecular weight is 201 g/mol. The number of carboxylic acid groups (broad SMARTS) is 1. The number of hydrogen-bond donors (Lipinski definition) is 3. The molecule has 0 aliphatic carbocycles. The lowest BCUT2D eigenvalue weighted by Crippen LogP contribution is -2.43. The van der Waals surface area contributed by atoms with E-state index in [1.54, 1.807) is 9.97 Å². The summed E-state index contributed by atoms with van der Waals surface area (Å²) >= 11 is 0. The fourth-order valence-electron chi connectivity index (χ4n) is 0.863. The Morgan fingerprint density at radius 1 is 1.21 bits per heavy atom. The zero-order valence-corrected chi connectivity index (χ0v) is 6.94. The number of nitrogens with one attached hydrogen (secondary N) is 2. The summed E-state index contributed by atoms with van der Waals surface area (Å²) in [6.07, 6.45) is -0.366. The third kappa shape index (κ3) is 2.19. The molecule has 0 saturated carbocycles. The quantitative estimate of drug-likeness (QED) is 0.507. The molecule has 0 aliphatic rings. The van der Waals surface area contributed by atoms with E-state index < -0.39 is 23.0 Å². The Morgan fingerprint density at radius 2 is 1.71 bits per heavy atom. The van der Waals surface area contributed by atoms with E-state index in [9.17, 15) is 19.2 Å². The molecule has 1 heterocycles. The standard InChI is InChI=1S/C6H7N3O5/c10-3(11)1-2-9-5(13)7-4(12)8-6(9)14/h1-2H2,(H,10,11)(H2,7,8,12,13,14). The molecule has 0 bridgehead atoms. The third-order valence-electron chi connectivity index (χ3n) is 1.48. The first-order chi connectivity index (χ1) is 6.50. The van der Waals surface area contributed by atoms with Gasteiger partial charge < -0.3 is 5.11 Å². The lowest BCUT2D eigenvalue weighted by molar-refractivity contribution is -0.137. The molecule has 1 aromatic rings. The van der Waals surface area contributed by atoms with E-state index in [1.165, 1.54) is 0 Å². The summed E-state index contributed by atoms with van der Waals surface area (Å²) in [4.78, 5) is 46.3. The van der Waals surface area contributed by atoms with Gasteiger partial charge in [-0.2, -0.15) is 0 Å². The van der Waals surface area contributed by atoms with Crippen molar-refractivity contribution in [3.8, 4) is 0 Å². The molecule has 3 N–H and O–H groups in total. The van der Waals surface area contributed by atoms with E-state index in [0.717, 1.165) is 0 Å². The Bertz CT molecular complexity index is 473. The Labute approximate surface area is 75.8 Å². The number of nitrogens with zero attached hydrogens (tertiary/aromatic N) is 1. The fraction of sp³-hybridized carbons (Fsp3) is 0.333. The summed E-state index contributed by atoms with van der Waals surface area (Å²) in [6.45, 7) is -0.278. The van der Waals surface area contributed by atoms with Crippen LogP contribution < -0.4 is 17.1 Å². The van der Waals surface area contributed by atoms with Gasteiger partial charge in [-0.05, 0) is 0 Å². The Kier molecular flexibility index (Phi) is 2.65. The monoisotopic (exact) mass is 201 g/mol. The second kappa shape index (κ2) is 3.73. The van der Waals surface area contributed by atoms with Gasteiger partial charge in [0, 0.05) is 6.54 Å². The van der Waals surface area contributed by atoms with Crippen molar-refractivity contribution in [1.82, 2.24) is 14.5 Å². The molecule has 1 aromatic heterocycles. The van der Waals surface area contributed by atoms with Crippen molar-refractivity contribution in [2.24, 2.45) is 0 Å². The summed E-state index contributed by atoms with van der Waals surface area (Å²) in [5.74, 6) is -1.14. The first kappa shape index (κ1) is 9.96. The van der Waals surface area contributed by atoms with E-state index in [0.29, 0.717) is 4.57 Å². The molecule has 8 nitrogen and oxygen atoms in total. The van der Waals surface area contributed by atoms with Gasteiger partial charge in [0.25, 0.3) is 0 Å². The first-order valence-electron chi connectivity index (χ1n) is 3.66. The van der Waals surface area contributed by atoms with E-state index in [-0.39, 0.29) is 13.0 Å². The van der Waals surface area contributed by atoms with Gasteiger partial charge in [-0.1, -0.05) is 0 Å². The molecule has 0 atom stereocenters. The fourth-order valence-corrected chi connectivity index (χ4v) is 0.863. The number of carboxylic acids is 1. The van der Waals surface area contributed by atoms with Crippen LogP contribution in [0.1, 0.15) is 6.42 Å². The minimum absolute atomic E-state index is 0.278. The van der Waals surface area contributed by atoms with Gasteiger partial charge in [-0.25, -0.2) is 19.0 Å². The molecule has 0 radical (unpaired) electrons. The normalized spacial score (nSPS) is 10.0. The van der Waals surface area contributed by atoms with Crippen LogP contribution in [0.5, 0.6) is 0 Å². The molecule has 0 fully saturated rings. The van der Waals surface area contributed by atoms with Crippen LogP contribution in [0.2, 0.25) is 0 Å². The molecule has 8 heteroatoms. The van der Waals surface area contributed by atoms with Crippen molar-refractivity contribution >= 4 is 5.97 Å². The van der Waals surface area contributed by atoms with E-state index in [4.69, 9.17) is 5.11 Å². The van der Waals surface area contributed by atoms with Crippen molar-refractivity contribution in [3.63, 3.8) is 0 Å². The zero-order chi connectivity index (χ0) is 10.7. The van der Waals surface area contributed by atoms with Crippen LogP contribution in [0.15, 0.2) is 14.4 Å². The van der Waals surface area contributed by atoms with Crippen molar-refractivity contribution < 1.29 is 9.90 Å². The molecule has 1 rings (SSSR count). The summed E-state index contributed by atoms with van der Waals surface area (Å²) in [5, 5.41) is 8.31. The highest BCUT2D eigenvalue weighted by atomic mass is 16.4. The van der Waals surface area contributed by atoms with Crippen LogP contribution in [0.25, 0.3) is 0 Å². The zero-order valence-electron chi connectivity index (χ0n) is 6.94. The van der Waals surface area contributed by atoms with Crippen LogP contribution in [0.4, 0.5) is 0 Å². The maximum atomic E-state index is 11.0. The molecule has 0 aromatic carbocycles. The lowest BCUT2D eigenvalue weighted by Gasteiger charge is -1.98. The molecular formula is C6H7N3O5. The summed E-state index contributed by atoms with van der Waals surface area (Å²) in [5.41, 5.74) is -2.74. The Morgan fingerprint density at radius 3 is 2.14 bits per heavy atom. The molecule has 76 valence electrons. The molecular weight excluding hydrogens is 194 g/mol. The maximum absolute atomic E-state index is 11.0. The molecule has 14 heavy (non-hydrogen) atoms. The SMILES string of the molecule is O=C(O)CCn1c(=O)[nH]c(=O)[nH]c1=O. The summed E-state index contributed by atoms with van der Waals surface area (Å²) < 4.78 is 0.607. The van der Waals surface area contributed by atoms with Gasteiger partial charge in [0.2, 0.25) is 0 Å². The van der Waals surface area contributed by atoms with Crippen molar-refractivity contribution in [1.29, 1.82) is 0 Å². The Hall–Kier alpha value is -2.12. The number of aromatic amines is 2. The molecule has 0 saturated heterocycles. The summed E-state index contributed by atoms with van der Waals surface area (Å²) in [7, 11) is 0. The van der Waals surface area contributed by atoms with Crippen LogP contribution in [0.3, 0.4) is 0 Å². The topological polar surface area (TPSA) is 125 Å².